The van der Waals surface area contributed by atoms with Gasteiger partial charge in [0.15, 0.2) is 5.82 Å². The number of fused-ring (bicyclic) bond motifs is 1. The molecule has 0 aliphatic carbocycles. The van der Waals surface area contributed by atoms with Crippen LogP contribution in [0.25, 0.3) is 33.9 Å². The van der Waals surface area contributed by atoms with Gasteiger partial charge in [0.25, 0.3) is 0 Å². The first-order valence-corrected chi connectivity index (χ1v) is 9.64. The maximum Gasteiger partial charge on any atom is 0.236 e. The van der Waals surface area contributed by atoms with Crippen molar-refractivity contribution in [2.45, 2.75) is 11.8 Å². The lowest BCUT2D eigenvalue weighted by atomic mass is 9.88. The lowest BCUT2D eigenvalue weighted by molar-refractivity contribution is 0.117. The minimum atomic E-state index is -0.254. The van der Waals surface area contributed by atoms with E-state index in [2.05, 4.69) is 30.4 Å². The SMILES string of the molecule is COCC1(c2nc(-c3ccc4nc(-c5cscn5)[nH]c4c3)no2)CCNC1. The molecule has 0 radical (unpaired) electrons. The second-order valence-electron chi connectivity index (χ2n) is 6.75. The molecule has 138 valence electrons. The Balaban J connectivity index is 1.50. The van der Waals surface area contributed by atoms with Crippen LogP contribution >= 0.6 is 11.3 Å². The number of hydrogen-bond donors (Lipinski definition) is 2. The summed E-state index contributed by atoms with van der Waals surface area (Å²) >= 11 is 1.54. The van der Waals surface area contributed by atoms with E-state index < -0.39 is 0 Å². The Kier molecular flexibility index (Phi) is 4.00. The van der Waals surface area contributed by atoms with Crippen molar-refractivity contribution in [3.05, 3.63) is 35.0 Å². The van der Waals surface area contributed by atoms with Gasteiger partial charge in [0.1, 0.15) is 5.69 Å². The number of nitrogens with zero attached hydrogens (tertiary/aromatic N) is 4. The molecule has 0 spiro atoms. The van der Waals surface area contributed by atoms with Crippen molar-refractivity contribution >= 4 is 22.4 Å². The number of rotatable bonds is 5. The monoisotopic (exact) mass is 382 g/mol. The lowest BCUT2D eigenvalue weighted by Gasteiger charge is -2.22. The van der Waals surface area contributed by atoms with Gasteiger partial charge in [-0.05, 0) is 31.2 Å². The van der Waals surface area contributed by atoms with E-state index in [0.29, 0.717) is 18.3 Å². The Morgan fingerprint density at radius 1 is 1.33 bits per heavy atom. The molecule has 27 heavy (non-hydrogen) atoms. The lowest BCUT2D eigenvalue weighted by Crippen LogP contribution is -2.34. The molecule has 4 heterocycles. The molecule has 1 aliphatic rings. The summed E-state index contributed by atoms with van der Waals surface area (Å²) in [7, 11) is 1.70. The normalized spacial score (nSPS) is 19.9. The highest BCUT2D eigenvalue weighted by Crippen LogP contribution is 2.32. The van der Waals surface area contributed by atoms with Crippen molar-refractivity contribution in [1.29, 1.82) is 0 Å². The van der Waals surface area contributed by atoms with Gasteiger partial charge >= 0.3 is 0 Å². The molecule has 4 aromatic rings. The first-order chi connectivity index (χ1) is 13.3. The van der Waals surface area contributed by atoms with Crippen molar-refractivity contribution in [2.24, 2.45) is 0 Å². The summed E-state index contributed by atoms with van der Waals surface area (Å²) in [5, 5.41) is 9.53. The second-order valence-corrected chi connectivity index (χ2v) is 7.47. The standard InChI is InChI=1S/C18H18N6O2S/c1-25-9-18(4-5-19-8-18)17-23-15(24-26-17)11-2-3-12-13(6-11)22-16(21-12)14-7-27-10-20-14/h2-3,6-7,10,19H,4-5,8-9H2,1H3,(H,21,22). The van der Waals surface area contributed by atoms with Gasteiger partial charge in [-0.25, -0.2) is 9.97 Å². The van der Waals surface area contributed by atoms with Crippen molar-refractivity contribution in [3.63, 3.8) is 0 Å². The number of aromatic amines is 1. The maximum atomic E-state index is 5.62. The fourth-order valence-electron chi connectivity index (χ4n) is 3.54. The van der Waals surface area contributed by atoms with Crippen molar-refractivity contribution in [1.82, 2.24) is 30.4 Å². The van der Waals surface area contributed by atoms with Crippen molar-refractivity contribution in [3.8, 4) is 22.9 Å². The van der Waals surface area contributed by atoms with Crippen molar-refractivity contribution in [2.75, 3.05) is 26.8 Å². The predicted molar refractivity (Wildman–Crippen MR) is 102 cm³/mol. The molecular formula is C18H18N6O2S. The minimum Gasteiger partial charge on any atom is -0.384 e. The highest BCUT2D eigenvalue weighted by Gasteiger charge is 2.41. The smallest absolute Gasteiger partial charge is 0.236 e. The zero-order valence-corrected chi connectivity index (χ0v) is 15.5. The summed E-state index contributed by atoms with van der Waals surface area (Å²) in [5.74, 6) is 1.95. The van der Waals surface area contributed by atoms with Gasteiger partial charge in [-0.2, -0.15) is 4.98 Å². The topological polar surface area (TPSA) is 102 Å². The van der Waals surface area contributed by atoms with Gasteiger partial charge in [0.05, 0.1) is 28.6 Å². The first-order valence-electron chi connectivity index (χ1n) is 8.70. The third kappa shape index (κ3) is 2.84. The van der Waals surface area contributed by atoms with E-state index in [1.165, 1.54) is 0 Å². The molecule has 5 rings (SSSR count). The van der Waals surface area contributed by atoms with Crippen LogP contribution in [-0.2, 0) is 10.2 Å². The number of ether oxygens (including phenoxy) is 1. The average molecular weight is 382 g/mol. The molecular weight excluding hydrogens is 364 g/mol. The molecule has 9 heteroatoms. The summed E-state index contributed by atoms with van der Waals surface area (Å²) in [6, 6.07) is 5.90. The summed E-state index contributed by atoms with van der Waals surface area (Å²) in [4.78, 5) is 16.9. The van der Waals surface area contributed by atoms with Crippen molar-refractivity contribution < 1.29 is 9.26 Å². The van der Waals surface area contributed by atoms with Gasteiger partial charge in [-0.15, -0.1) is 11.3 Å². The van der Waals surface area contributed by atoms with Crippen LogP contribution in [0.5, 0.6) is 0 Å². The zero-order chi connectivity index (χ0) is 18.3. The van der Waals surface area contributed by atoms with Crippen LogP contribution in [0, 0.1) is 0 Å². The van der Waals surface area contributed by atoms with E-state index >= 15 is 0 Å². The van der Waals surface area contributed by atoms with E-state index in [-0.39, 0.29) is 5.41 Å². The molecule has 0 saturated carbocycles. The number of methoxy groups -OCH3 is 1. The molecule has 3 aromatic heterocycles. The summed E-state index contributed by atoms with van der Waals surface area (Å²) in [6.07, 6.45) is 0.916. The van der Waals surface area contributed by atoms with E-state index in [4.69, 9.17) is 9.26 Å². The molecule has 1 aliphatic heterocycles. The van der Waals surface area contributed by atoms with Crippen LogP contribution in [0.2, 0.25) is 0 Å². The summed E-state index contributed by atoms with van der Waals surface area (Å²) < 4.78 is 11.0. The van der Waals surface area contributed by atoms with Crippen LogP contribution in [0.15, 0.2) is 33.6 Å². The molecule has 1 aromatic carbocycles. The van der Waals surface area contributed by atoms with Crippen LogP contribution in [0.4, 0.5) is 0 Å². The van der Waals surface area contributed by atoms with E-state index in [9.17, 15) is 0 Å². The molecule has 2 N–H and O–H groups in total. The predicted octanol–water partition coefficient (Wildman–Crippen LogP) is 2.61. The van der Waals surface area contributed by atoms with Crippen LogP contribution in [0.1, 0.15) is 12.3 Å². The van der Waals surface area contributed by atoms with Crippen LogP contribution in [0.3, 0.4) is 0 Å². The maximum absolute atomic E-state index is 5.62. The Hall–Kier alpha value is -2.62. The van der Waals surface area contributed by atoms with Gasteiger partial charge in [0, 0.05) is 24.6 Å². The van der Waals surface area contributed by atoms with Crippen LogP contribution in [-0.4, -0.2) is 51.9 Å². The van der Waals surface area contributed by atoms with Gasteiger partial charge < -0.3 is 19.6 Å². The number of aromatic nitrogens is 5. The number of nitrogens with one attached hydrogen (secondary N) is 2. The highest BCUT2D eigenvalue weighted by molar-refractivity contribution is 7.07. The van der Waals surface area contributed by atoms with E-state index in [1.54, 1.807) is 24.0 Å². The number of H-pyrrole nitrogens is 1. The van der Waals surface area contributed by atoms with E-state index in [0.717, 1.165) is 47.6 Å². The van der Waals surface area contributed by atoms with E-state index in [1.807, 2.05) is 23.6 Å². The third-order valence-corrected chi connectivity index (χ3v) is 5.55. The molecule has 1 fully saturated rings. The molecule has 1 saturated heterocycles. The zero-order valence-electron chi connectivity index (χ0n) is 14.7. The third-order valence-electron chi connectivity index (χ3n) is 4.96. The number of thiazole rings is 1. The fourth-order valence-corrected chi connectivity index (χ4v) is 4.08. The Labute approximate surface area is 159 Å². The summed E-state index contributed by atoms with van der Waals surface area (Å²) in [5.41, 5.74) is 5.05. The average Bonchev–Trinajstić information content (AvgIpc) is 3.47. The number of imidazole rings is 1. The minimum absolute atomic E-state index is 0.254. The Morgan fingerprint density at radius 2 is 2.30 bits per heavy atom. The van der Waals surface area contributed by atoms with Crippen LogP contribution < -0.4 is 5.32 Å². The van der Waals surface area contributed by atoms with Gasteiger partial charge in [0.2, 0.25) is 11.7 Å². The quantitative estimate of drug-likeness (QED) is 0.547. The highest BCUT2D eigenvalue weighted by atomic mass is 32.1. The fraction of sp³-hybridized carbons (Fsp3) is 0.333. The Morgan fingerprint density at radius 3 is 3.07 bits per heavy atom. The molecule has 8 nitrogen and oxygen atoms in total. The number of benzene rings is 1. The molecule has 1 atom stereocenters. The number of hydrogen-bond acceptors (Lipinski definition) is 8. The first kappa shape index (κ1) is 16.5. The largest absolute Gasteiger partial charge is 0.384 e. The van der Waals surface area contributed by atoms with Gasteiger partial charge in [-0.1, -0.05) is 5.16 Å². The van der Waals surface area contributed by atoms with Gasteiger partial charge in [-0.3, -0.25) is 0 Å². The molecule has 0 amide bonds. The molecule has 1 unspecified atom stereocenters. The second kappa shape index (κ2) is 6.52. The molecule has 0 bridgehead atoms. The Bertz CT molecular complexity index is 1060. The summed E-state index contributed by atoms with van der Waals surface area (Å²) in [6.45, 7) is 2.25.